The number of hydrogen-bond donors (Lipinski definition) is 2. The molecule has 1 atom stereocenters. The lowest BCUT2D eigenvalue weighted by molar-refractivity contribution is -0.186. The Morgan fingerprint density at radius 3 is 2.67 bits per heavy atom. The van der Waals surface area contributed by atoms with Gasteiger partial charge in [0, 0.05) is 38.5 Å². The Labute approximate surface area is 141 Å². The molecular formula is C16H25N5O3. The second kappa shape index (κ2) is 8.36. The second-order valence-electron chi connectivity index (χ2n) is 6.28. The van der Waals surface area contributed by atoms with Crippen LogP contribution in [0.25, 0.3) is 0 Å². The van der Waals surface area contributed by atoms with Crippen molar-refractivity contribution in [3.8, 4) is 0 Å². The summed E-state index contributed by atoms with van der Waals surface area (Å²) in [5.41, 5.74) is 8.48. The van der Waals surface area contributed by atoms with Crippen molar-refractivity contribution in [2.24, 2.45) is 11.7 Å². The van der Waals surface area contributed by atoms with Crippen molar-refractivity contribution in [1.29, 1.82) is 0 Å². The molecule has 1 unspecified atom stereocenters. The zero-order chi connectivity index (χ0) is 16.8. The minimum atomic E-state index is -0.369. The van der Waals surface area contributed by atoms with Crippen molar-refractivity contribution in [3.05, 3.63) is 18.0 Å². The molecule has 24 heavy (non-hydrogen) atoms. The summed E-state index contributed by atoms with van der Waals surface area (Å²) in [6.07, 6.45) is 7.65. The minimum absolute atomic E-state index is 0.363. The van der Waals surface area contributed by atoms with E-state index in [4.69, 9.17) is 15.3 Å². The zero-order valence-corrected chi connectivity index (χ0v) is 13.8. The van der Waals surface area contributed by atoms with Crippen LogP contribution in [0.1, 0.15) is 42.5 Å². The summed E-state index contributed by atoms with van der Waals surface area (Å²) in [4.78, 5) is 28.1. The van der Waals surface area contributed by atoms with E-state index in [0.29, 0.717) is 24.0 Å². The van der Waals surface area contributed by atoms with Crippen molar-refractivity contribution >= 4 is 11.9 Å². The number of piperidine rings is 1. The first-order valence-electron chi connectivity index (χ1n) is 8.61. The number of anilines is 1. The third kappa shape index (κ3) is 4.40. The smallest absolute Gasteiger partial charge is 0.278 e. The summed E-state index contributed by atoms with van der Waals surface area (Å²) in [6, 6.07) is 0. The van der Waals surface area contributed by atoms with Gasteiger partial charge < -0.3 is 15.4 Å². The minimum Gasteiger partial charge on any atom is -0.350 e. The average molecular weight is 335 g/mol. The lowest BCUT2D eigenvalue weighted by Gasteiger charge is -2.31. The molecule has 2 aliphatic heterocycles. The van der Waals surface area contributed by atoms with Crippen molar-refractivity contribution in [2.75, 3.05) is 31.1 Å². The van der Waals surface area contributed by atoms with Crippen LogP contribution < -0.4 is 16.1 Å². The highest BCUT2D eigenvalue weighted by Gasteiger charge is 2.20. The quantitative estimate of drug-likeness (QED) is 0.769. The maximum atomic E-state index is 12.1. The van der Waals surface area contributed by atoms with E-state index in [-0.39, 0.29) is 12.2 Å². The molecule has 132 valence electrons. The average Bonchev–Trinajstić information content (AvgIpc) is 2.67. The molecule has 2 aliphatic rings. The van der Waals surface area contributed by atoms with Gasteiger partial charge in [0.05, 0.1) is 5.56 Å². The first-order chi connectivity index (χ1) is 11.8. The van der Waals surface area contributed by atoms with Crippen LogP contribution >= 0.6 is 0 Å². The number of nitrogens with two attached hydrogens (primary N) is 1. The Morgan fingerprint density at radius 2 is 2.04 bits per heavy atom. The Hall–Kier alpha value is -1.77. The Bertz CT molecular complexity index is 525. The van der Waals surface area contributed by atoms with Gasteiger partial charge in [-0.15, -0.1) is 0 Å². The number of amides is 1. The number of hydrogen-bond acceptors (Lipinski definition) is 7. The number of carbonyl (C=O) groups is 1. The van der Waals surface area contributed by atoms with E-state index >= 15 is 0 Å². The fraction of sp³-hybridized carbons (Fsp3) is 0.688. The maximum absolute atomic E-state index is 12.1. The molecule has 8 heteroatoms. The molecule has 1 aromatic rings. The number of nitrogens with one attached hydrogen (secondary N) is 1. The second-order valence-corrected chi connectivity index (χ2v) is 6.28. The zero-order valence-electron chi connectivity index (χ0n) is 13.8. The Balaban J connectivity index is 1.49. The molecule has 3 heterocycles. The molecule has 0 bridgehead atoms. The fourth-order valence-electron chi connectivity index (χ4n) is 2.95. The molecule has 0 aliphatic carbocycles. The Kier molecular flexibility index (Phi) is 5.95. The lowest BCUT2D eigenvalue weighted by atomic mass is 9.97. The van der Waals surface area contributed by atoms with Crippen molar-refractivity contribution in [2.45, 2.75) is 38.4 Å². The lowest BCUT2D eigenvalue weighted by Crippen LogP contribution is -2.37. The van der Waals surface area contributed by atoms with Crippen LogP contribution in [0.3, 0.4) is 0 Å². The molecule has 1 amide bonds. The van der Waals surface area contributed by atoms with Crippen molar-refractivity contribution in [3.63, 3.8) is 0 Å². The third-order valence-electron chi connectivity index (χ3n) is 4.55. The highest BCUT2D eigenvalue weighted by molar-refractivity contribution is 5.92. The SMILES string of the molecule is NCC1CCN(c2ncc(C(=O)NOC3CCCCO3)cn2)CC1. The van der Waals surface area contributed by atoms with Gasteiger partial charge in [-0.25, -0.2) is 20.3 Å². The van der Waals surface area contributed by atoms with Gasteiger partial charge >= 0.3 is 0 Å². The van der Waals surface area contributed by atoms with Crippen LogP contribution in [0.4, 0.5) is 5.95 Å². The summed E-state index contributed by atoms with van der Waals surface area (Å²) >= 11 is 0. The first-order valence-corrected chi connectivity index (χ1v) is 8.61. The summed E-state index contributed by atoms with van der Waals surface area (Å²) in [5, 5.41) is 0. The van der Waals surface area contributed by atoms with Crippen LogP contribution in [-0.4, -0.2) is 48.4 Å². The van der Waals surface area contributed by atoms with Gasteiger partial charge in [0.2, 0.25) is 5.95 Å². The van der Waals surface area contributed by atoms with E-state index < -0.39 is 0 Å². The number of nitrogens with zero attached hydrogens (tertiary/aromatic N) is 3. The molecule has 0 aromatic carbocycles. The van der Waals surface area contributed by atoms with E-state index in [9.17, 15) is 4.79 Å². The molecule has 0 radical (unpaired) electrons. The highest BCUT2D eigenvalue weighted by Crippen LogP contribution is 2.19. The van der Waals surface area contributed by atoms with Gasteiger partial charge in [-0.3, -0.25) is 4.79 Å². The predicted octanol–water partition coefficient (Wildman–Crippen LogP) is 0.840. The van der Waals surface area contributed by atoms with E-state index in [1.54, 1.807) is 0 Å². The van der Waals surface area contributed by atoms with Gasteiger partial charge in [-0.05, 0) is 38.1 Å². The van der Waals surface area contributed by atoms with E-state index in [1.807, 2.05) is 0 Å². The van der Waals surface area contributed by atoms with Crippen molar-refractivity contribution in [1.82, 2.24) is 15.4 Å². The van der Waals surface area contributed by atoms with Gasteiger partial charge in [0.15, 0.2) is 6.29 Å². The van der Waals surface area contributed by atoms with Gasteiger partial charge in [-0.1, -0.05) is 0 Å². The number of aromatic nitrogens is 2. The largest absolute Gasteiger partial charge is 0.350 e. The normalized spacial score (nSPS) is 22.4. The van der Waals surface area contributed by atoms with Gasteiger partial charge in [0.25, 0.3) is 5.91 Å². The standard InChI is InChI=1S/C16H25N5O3/c17-9-12-4-6-21(7-5-12)16-18-10-13(11-19-16)15(22)20-24-14-3-1-2-8-23-14/h10-12,14H,1-9,17H2,(H,20,22). The van der Waals surface area contributed by atoms with E-state index in [0.717, 1.165) is 51.7 Å². The number of rotatable bonds is 5. The predicted molar refractivity (Wildman–Crippen MR) is 88.2 cm³/mol. The molecule has 8 nitrogen and oxygen atoms in total. The number of carbonyl (C=O) groups excluding carboxylic acids is 1. The summed E-state index contributed by atoms with van der Waals surface area (Å²) in [6.45, 7) is 3.20. The number of ether oxygens (including phenoxy) is 1. The highest BCUT2D eigenvalue weighted by atomic mass is 16.8. The van der Waals surface area contributed by atoms with Crippen LogP contribution in [0.15, 0.2) is 12.4 Å². The molecule has 0 spiro atoms. The van der Waals surface area contributed by atoms with Crippen molar-refractivity contribution < 1.29 is 14.4 Å². The molecule has 3 rings (SSSR count). The summed E-state index contributed by atoms with van der Waals surface area (Å²) in [7, 11) is 0. The topological polar surface area (TPSA) is 103 Å². The molecule has 2 saturated heterocycles. The van der Waals surface area contributed by atoms with Crippen LogP contribution in [0, 0.1) is 5.92 Å². The van der Waals surface area contributed by atoms with Crippen LogP contribution in [0.5, 0.6) is 0 Å². The van der Waals surface area contributed by atoms with Crippen LogP contribution in [0.2, 0.25) is 0 Å². The van der Waals surface area contributed by atoms with Gasteiger partial charge in [0.1, 0.15) is 0 Å². The number of hydroxylamine groups is 1. The maximum Gasteiger partial charge on any atom is 0.278 e. The monoisotopic (exact) mass is 335 g/mol. The van der Waals surface area contributed by atoms with Gasteiger partial charge in [-0.2, -0.15) is 0 Å². The molecular weight excluding hydrogens is 310 g/mol. The third-order valence-corrected chi connectivity index (χ3v) is 4.55. The van der Waals surface area contributed by atoms with E-state index in [1.165, 1.54) is 12.4 Å². The first kappa shape index (κ1) is 17.1. The molecule has 2 fully saturated rings. The fourth-order valence-corrected chi connectivity index (χ4v) is 2.95. The van der Waals surface area contributed by atoms with E-state index in [2.05, 4.69) is 20.3 Å². The molecule has 3 N–H and O–H groups in total. The molecule has 0 saturated carbocycles. The summed E-state index contributed by atoms with van der Waals surface area (Å²) < 4.78 is 5.40. The summed E-state index contributed by atoms with van der Waals surface area (Å²) in [5.74, 6) is 0.876. The molecule has 1 aromatic heterocycles. The Morgan fingerprint density at radius 1 is 1.29 bits per heavy atom. The van der Waals surface area contributed by atoms with Crippen LogP contribution in [-0.2, 0) is 9.57 Å².